The third-order valence-corrected chi connectivity index (χ3v) is 1.69. The van der Waals surface area contributed by atoms with Gasteiger partial charge in [-0.25, -0.2) is 0 Å². The monoisotopic (exact) mass is 192 g/mol. The fourth-order valence-electron chi connectivity index (χ4n) is 0.905. The van der Waals surface area contributed by atoms with Gasteiger partial charge < -0.3 is 20.1 Å². The molecule has 0 radical (unpaired) electrons. The van der Waals surface area contributed by atoms with E-state index in [1.54, 1.807) is 6.92 Å². The standard InChI is InChI=1S/C9H20O4/c1-3-4-5-8(11)9(12)13-6-7(2)10/h7-12H,3-6H2,1-2H3. The Morgan fingerprint density at radius 3 is 2.31 bits per heavy atom. The van der Waals surface area contributed by atoms with Gasteiger partial charge in [0.05, 0.1) is 12.7 Å². The molecule has 3 unspecified atom stereocenters. The smallest absolute Gasteiger partial charge is 0.180 e. The molecule has 0 aromatic heterocycles. The molecule has 0 rings (SSSR count). The Bertz CT molecular complexity index is 116. The number of aliphatic hydroxyl groups excluding tert-OH is 3. The first-order valence-corrected chi connectivity index (χ1v) is 4.73. The summed E-state index contributed by atoms with van der Waals surface area (Å²) in [4.78, 5) is 0. The van der Waals surface area contributed by atoms with Crippen LogP contribution in [-0.2, 0) is 4.74 Å². The van der Waals surface area contributed by atoms with Crippen LogP contribution in [0.3, 0.4) is 0 Å². The van der Waals surface area contributed by atoms with Gasteiger partial charge in [-0.3, -0.25) is 0 Å². The maximum absolute atomic E-state index is 9.31. The van der Waals surface area contributed by atoms with Crippen molar-refractivity contribution in [3.63, 3.8) is 0 Å². The normalized spacial score (nSPS) is 18.2. The molecule has 0 fully saturated rings. The highest BCUT2D eigenvalue weighted by atomic mass is 16.6. The van der Waals surface area contributed by atoms with Gasteiger partial charge in [0.2, 0.25) is 0 Å². The van der Waals surface area contributed by atoms with Crippen molar-refractivity contribution in [3.05, 3.63) is 0 Å². The Morgan fingerprint density at radius 2 is 1.85 bits per heavy atom. The van der Waals surface area contributed by atoms with Crippen LogP contribution >= 0.6 is 0 Å². The van der Waals surface area contributed by atoms with Gasteiger partial charge in [0.25, 0.3) is 0 Å². The summed E-state index contributed by atoms with van der Waals surface area (Å²) >= 11 is 0. The van der Waals surface area contributed by atoms with E-state index < -0.39 is 18.5 Å². The highest BCUT2D eigenvalue weighted by Crippen LogP contribution is 2.06. The average Bonchev–Trinajstić information content (AvgIpc) is 2.10. The maximum Gasteiger partial charge on any atom is 0.180 e. The fraction of sp³-hybridized carbons (Fsp3) is 1.00. The molecule has 4 nitrogen and oxygen atoms in total. The Labute approximate surface area is 79.2 Å². The molecular weight excluding hydrogens is 172 g/mol. The summed E-state index contributed by atoms with van der Waals surface area (Å²) in [7, 11) is 0. The van der Waals surface area contributed by atoms with E-state index in [0.717, 1.165) is 12.8 Å². The quantitative estimate of drug-likeness (QED) is 0.506. The summed E-state index contributed by atoms with van der Waals surface area (Å²) in [5, 5.41) is 27.4. The second kappa shape index (κ2) is 7.26. The lowest BCUT2D eigenvalue weighted by Gasteiger charge is -2.18. The van der Waals surface area contributed by atoms with Crippen molar-refractivity contribution < 1.29 is 20.1 Å². The molecule has 0 aliphatic heterocycles. The Morgan fingerprint density at radius 1 is 1.23 bits per heavy atom. The first kappa shape index (κ1) is 12.8. The highest BCUT2D eigenvalue weighted by molar-refractivity contribution is 4.58. The predicted molar refractivity (Wildman–Crippen MR) is 49.2 cm³/mol. The summed E-state index contributed by atoms with van der Waals surface area (Å²) < 4.78 is 4.82. The first-order chi connectivity index (χ1) is 6.07. The second-order valence-corrected chi connectivity index (χ2v) is 3.28. The van der Waals surface area contributed by atoms with Gasteiger partial charge in [-0.1, -0.05) is 19.8 Å². The molecule has 0 amide bonds. The second-order valence-electron chi connectivity index (χ2n) is 3.28. The van der Waals surface area contributed by atoms with Crippen molar-refractivity contribution >= 4 is 0 Å². The van der Waals surface area contributed by atoms with Crippen LogP contribution in [0.15, 0.2) is 0 Å². The van der Waals surface area contributed by atoms with Gasteiger partial charge >= 0.3 is 0 Å². The van der Waals surface area contributed by atoms with E-state index in [0.29, 0.717) is 6.42 Å². The Balaban J connectivity index is 3.50. The molecule has 0 saturated carbocycles. The SMILES string of the molecule is CCCCC(O)C(O)OCC(C)O. The minimum absolute atomic E-state index is 0.0460. The molecule has 3 atom stereocenters. The molecule has 0 aliphatic rings. The molecule has 0 bridgehead atoms. The minimum Gasteiger partial charge on any atom is -0.391 e. The number of unbranched alkanes of at least 4 members (excludes halogenated alkanes) is 1. The molecular formula is C9H20O4. The number of hydrogen-bond acceptors (Lipinski definition) is 4. The Hall–Kier alpha value is -0.160. The van der Waals surface area contributed by atoms with Gasteiger partial charge in [-0.05, 0) is 13.3 Å². The van der Waals surface area contributed by atoms with E-state index >= 15 is 0 Å². The molecule has 3 N–H and O–H groups in total. The summed E-state index contributed by atoms with van der Waals surface area (Å²) in [6.07, 6.45) is -0.290. The van der Waals surface area contributed by atoms with E-state index in [-0.39, 0.29) is 6.61 Å². The Kier molecular flexibility index (Phi) is 7.17. The number of hydrogen-bond donors (Lipinski definition) is 3. The maximum atomic E-state index is 9.31. The van der Waals surface area contributed by atoms with Crippen molar-refractivity contribution in [1.29, 1.82) is 0 Å². The molecule has 0 aromatic carbocycles. The molecule has 80 valence electrons. The zero-order valence-corrected chi connectivity index (χ0v) is 8.31. The van der Waals surface area contributed by atoms with Gasteiger partial charge in [-0.2, -0.15) is 0 Å². The lowest BCUT2D eigenvalue weighted by atomic mass is 10.1. The number of aliphatic hydroxyl groups is 3. The average molecular weight is 192 g/mol. The van der Waals surface area contributed by atoms with Crippen LogP contribution in [0.1, 0.15) is 33.1 Å². The van der Waals surface area contributed by atoms with Crippen LogP contribution in [-0.4, -0.2) is 40.4 Å². The fourth-order valence-corrected chi connectivity index (χ4v) is 0.905. The zero-order valence-electron chi connectivity index (χ0n) is 8.31. The van der Waals surface area contributed by atoms with E-state index in [4.69, 9.17) is 9.84 Å². The summed E-state index contributed by atoms with van der Waals surface area (Å²) in [6.45, 7) is 3.62. The lowest BCUT2D eigenvalue weighted by Crippen LogP contribution is -2.31. The first-order valence-electron chi connectivity index (χ1n) is 4.73. The third-order valence-electron chi connectivity index (χ3n) is 1.69. The van der Waals surface area contributed by atoms with Gasteiger partial charge in [0.15, 0.2) is 6.29 Å². The van der Waals surface area contributed by atoms with E-state index in [1.807, 2.05) is 6.92 Å². The van der Waals surface area contributed by atoms with Crippen molar-refractivity contribution in [2.45, 2.75) is 51.6 Å². The zero-order chi connectivity index (χ0) is 10.3. The largest absolute Gasteiger partial charge is 0.391 e. The van der Waals surface area contributed by atoms with Crippen LogP contribution in [0.4, 0.5) is 0 Å². The highest BCUT2D eigenvalue weighted by Gasteiger charge is 2.16. The van der Waals surface area contributed by atoms with Crippen LogP contribution < -0.4 is 0 Å². The van der Waals surface area contributed by atoms with Crippen LogP contribution in [0.25, 0.3) is 0 Å². The molecule has 4 heteroatoms. The van der Waals surface area contributed by atoms with E-state index in [9.17, 15) is 10.2 Å². The van der Waals surface area contributed by atoms with Crippen molar-refractivity contribution in [1.82, 2.24) is 0 Å². The number of rotatable bonds is 7. The third kappa shape index (κ3) is 6.95. The molecule has 0 spiro atoms. The molecule has 0 aromatic rings. The summed E-state index contributed by atoms with van der Waals surface area (Å²) in [5.41, 5.74) is 0. The predicted octanol–water partition coefficient (Wildman–Crippen LogP) is 0.253. The molecule has 13 heavy (non-hydrogen) atoms. The molecule has 0 heterocycles. The lowest BCUT2D eigenvalue weighted by molar-refractivity contribution is -0.174. The van der Waals surface area contributed by atoms with Crippen molar-refractivity contribution in [2.24, 2.45) is 0 Å². The van der Waals surface area contributed by atoms with Crippen LogP contribution in [0.2, 0.25) is 0 Å². The van der Waals surface area contributed by atoms with Gasteiger partial charge in [0.1, 0.15) is 6.10 Å². The van der Waals surface area contributed by atoms with E-state index in [2.05, 4.69) is 0 Å². The van der Waals surface area contributed by atoms with E-state index in [1.165, 1.54) is 0 Å². The summed E-state index contributed by atoms with van der Waals surface area (Å²) in [6, 6.07) is 0. The van der Waals surface area contributed by atoms with Crippen molar-refractivity contribution in [3.8, 4) is 0 Å². The summed E-state index contributed by atoms with van der Waals surface area (Å²) in [5.74, 6) is 0. The minimum atomic E-state index is -1.18. The van der Waals surface area contributed by atoms with Crippen LogP contribution in [0.5, 0.6) is 0 Å². The van der Waals surface area contributed by atoms with Gasteiger partial charge in [-0.15, -0.1) is 0 Å². The number of ether oxygens (including phenoxy) is 1. The molecule has 0 aliphatic carbocycles. The van der Waals surface area contributed by atoms with Crippen LogP contribution in [0, 0.1) is 0 Å². The molecule has 0 saturated heterocycles. The van der Waals surface area contributed by atoms with Crippen molar-refractivity contribution in [2.75, 3.05) is 6.61 Å². The van der Waals surface area contributed by atoms with Gasteiger partial charge in [0, 0.05) is 0 Å². The topological polar surface area (TPSA) is 69.9 Å².